The molecule has 6 rings (SSSR count). The van der Waals surface area contributed by atoms with E-state index in [1.165, 1.54) is 30.3 Å². The Labute approximate surface area is 221 Å². The number of imidazole rings is 1. The van der Waals surface area contributed by atoms with Crippen molar-refractivity contribution in [2.24, 2.45) is 5.92 Å². The lowest BCUT2D eigenvalue weighted by Gasteiger charge is -2.39. The molecular formula is C27H36F2N8O. The molecule has 0 amide bonds. The highest BCUT2D eigenvalue weighted by Crippen LogP contribution is 2.31. The van der Waals surface area contributed by atoms with Crippen molar-refractivity contribution in [1.29, 1.82) is 0 Å². The number of halogens is 2. The second kappa shape index (κ2) is 11.5. The van der Waals surface area contributed by atoms with Crippen LogP contribution in [0.5, 0.6) is 0 Å². The number of nitrogens with one attached hydrogen (secondary N) is 2. The van der Waals surface area contributed by atoms with Crippen molar-refractivity contribution in [1.82, 2.24) is 29.7 Å². The van der Waals surface area contributed by atoms with Crippen LogP contribution in [0, 0.1) is 5.92 Å². The molecule has 3 aliphatic rings. The minimum Gasteiger partial charge on any atom is -0.378 e. The van der Waals surface area contributed by atoms with Gasteiger partial charge in [-0.25, -0.2) is 13.8 Å². The number of alkyl halides is 2. The fourth-order valence-corrected chi connectivity index (χ4v) is 6.00. The zero-order valence-electron chi connectivity index (χ0n) is 21.7. The summed E-state index contributed by atoms with van der Waals surface area (Å²) in [4.78, 5) is 18.5. The van der Waals surface area contributed by atoms with Crippen molar-refractivity contribution in [3.63, 3.8) is 0 Å². The average molecular weight is 527 g/mol. The standard InChI is InChI=1S/C27H36F2N8O/c28-25(29)26-32-21-3-1-2-4-22(21)37(26)24-17-23(36-13-15-38-16-14-36)33-27(34-24)31-18-19-5-7-20(8-6-19)35-11-9-30-10-12-35/h1-4,17,19-20,25,30H,5-16,18H2,(H,31,33,34)/t19-,20+. The third-order valence-electron chi connectivity index (χ3n) is 8.08. The molecule has 0 spiro atoms. The van der Waals surface area contributed by atoms with Crippen LogP contribution in [-0.2, 0) is 4.74 Å². The highest BCUT2D eigenvalue weighted by molar-refractivity contribution is 5.78. The number of fused-ring (bicyclic) bond motifs is 1. The summed E-state index contributed by atoms with van der Waals surface area (Å²) < 4.78 is 35.2. The monoisotopic (exact) mass is 526 g/mol. The number of hydrogen-bond donors (Lipinski definition) is 2. The molecule has 11 heteroatoms. The maximum Gasteiger partial charge on any atom is 0.296 e. The van der Waals surface area contributed by atoms with Gasteiger partial charge in [-0.3, -0.25) is 9.47 Å². The third-order valence-corrected chi connectivity index (χ3v) is 8.08. The number of rotatable bonds is 7. The zero-order chi connectivity index (χ0) is 25.9. The Bertz CT molecular complexity index is 1220. The second-order valence-corrected chi connectivity index (χ2v) is 10.4. The summed E-state index contributed by atoms with van der Waals surface area (Å²) in [7, 11) is 0. The first-order valence-electron chi connectivity index (χ1n) is 13.8. The number of piperazine rings is 1. The highest BCUT2D eigenvalue weighted by Gasteiger charge is 2.27. The highest BCUT2D eigenvalue weighted by atomic mass is 19.3. The Morgan fingerprint density at radius 3 is 2.45 bits per heavy atom. The van der Waals surface area contributed by atoms with E-state index in [4.69, 9.17) is 14.7 Å². The van der Waals surface area contributed by atoms with E-state index < -0.39 is 6.43 Å². The van der Waals surface area contributed by atoms with Gasteiger partial charge in [0.25, 0.3) is 6.43 Å². The number of benzene rings is 1. The van der Waals surface area contributed by atoms with Gasteiger partial charge in [-0.2, -0.15) is 9.97 Å². The quantitative estimate of drug-likeness (QED) is 0.485. The first-order chi connectivity index (χ1) is 18.7. The van der Waals surface area contributed by atoms with Gasteiger partial charge in [0.2, 0.25) is 5.95 Å². The van der Waals surface area contributed by atoms with Crippen LogP contribution in [0.1, 0.15) is 37.9 Å². The number of ether oxygens (including phenoxy) is 1. The van der Waals surface area contributed by atoms with Crippen molar-refractivity contribution >= 4 is 22.8 Å². The minimum atomic E-state index is -2.73. The summed E-state index contributed by atoms with van der Waals surface area (Å²) in [6, 6.07) is 9.65. The summed E-state index contributed by atoms with van der Waals surface area (Å²) >= 11 is 0. The summed E-state index contributed by atoms with van der Waals surface area (Å²) in [5, 5.41) is 6.90. The van der Waals surface area contributed by atoms with Gasteiger partial charge in [-0.05, 0) is 43.7 Å². The van der Waals surface area contributed by atoms with E-state index in [2.05, 4.69) is 25.4 Å². The van der Waals surface area contributed by atoms with Crippen LogP contribution in [0.3, 0.4) is 0 Å². The average Bonchev–Trinajstić information content (AvgIpc) is 3.37. The smallest absolute Gasteiger partial charge is 0.296 e. The lowest BCUT2D eigenvalue weighted by Crippen LogP contribution is -2.49. The molecule has 204 valence electrons. The Morgan fingerprint density at radius 1 is 0.947 bits per heavy atom. The first kappa shape index (κ1) is 25.4. The third kappa shape index (κ3) is 5.45. The van der Waals surface area contributed by atoms with E-state index in [1.54, 1.807) is 24.3 Å². The number of morpholine rings is 1. The van der Waals surface area contributed by atoms with Crippen LogP contribution in [0.15, 0.2) is 30.3 Å². The van der Waals surface area contributed by atoms with Crippen molar-refractivity contribution in [2.45, 2.75) is 38.2 Å². The van der Waals surface area contributed by atoms with Crippen molar-refractivity contribution in [2.75, 3.05) is 69.2 Å². The fraction of sp³-hybridized carbons (Fsp3) is 0.593. The molecule has 0 radical (unpaired) electrons. The Morgan fingerprint density at radius 2 is 1.68 bits per heavy atom. The second-order valence-electron chi connectivity index (χ2n) is 10.4. The topological polar surface area (TPSA) is 83.4 Å². The molecular weight excluding hydrogens is 490 g/mol. The number of aromatic nitrogens is 4. The van der Waals surface area contributed by atoms with Gasteiger partial charge in [0, 0.05) is 57.9 Å². The van der Waals surface area contributed by atoms with Crippen molar-refractivity contribution in [3.8, 4) is 5.82 Å². The molecule has 3 fully saturated rings. The molecule has 2 N–H and O–H groups in total. The number of anilines is 2. The summed E-state index contributed by atoms with van der Waals surface area (Å²) in [6.07, 6.45) is 2.03. The summed E-state index contributed by atoms with van der Waals surface area (Å²) in [5.41, 5.74) is 1.12. The molecule has 3 aromatic rings. The molecule has 2 saturated heterocycles. The molecule has 1 aliphatic carbocycles. The largest absolute Gasteiger partial charge is 0.378 e. The van der Waals surface area contributed by atoms with E-state index in [-0.39, 0.29) is 5.82 Å². The molecule has 0 bridgehead atoms. The van der Waals surface area contributed by atoms with Gasteiger partial charge in [0.1, 0.15) is 11.6 Å². The molecule has 2 aromatic heterocycles. The van der Waals surface area contributed by atoms with E-state index in [1.807, 2.05) is 6.07 Å². The van der Waals surface area contributed by atoms with Crippen LogP contribution < -0.4 is 15.5 Å². The SMILES string of the molecule is FC(F)c1nc2ccccc2n1-c1cc(N2CCOCC2)nc(NC[C@H]2CC[C@@H](N3CCNCC3)CC2)n1. The number of hydrogen-bond acceptors (Lipinski definition) is 8. The number of para-hydroxylation sites is 2. The zero-order valence-corrected chi connectivity index (χ0v) is 21.7. The predicted molar refractivity (Wildman–Crippen MR) is 143 cm³/mol. The molecule has 4 heterocycles. The van der Waals surface area contributed by atoms with Crippen LogP contribution in [0.25, 0.3) is 16.9 Å². The Hall–Kier alpha value is -2.89. The van der Waals surface area contributed by atoms with Crippen LogP contribution in [0.2, 0.25) is 0 Å². The number of nitrogens with zero attached hydrogens (tertiary/aromatic N) is 6. The minimum absolute atomic E-state index is 0.310. The van der Waals surface area contributed by atoms with Gasteiger partial charge < -0.3 is 20.3 Å². The summed E-state index contributed by atoms with van der Waals surface area (Å²) in [5.74, 6) is 1.80. The molecule has 1 aromatic carbocycles. The molecule has 0 atom stereocenters. The van der Waals surface area contributed by atoms with E-state index in [0.29, 0.717) is 66.9 Å². The molecule has 2 aliphatic heterocycles. The Kier molecular flexibility index (Phi) is 7.66. The first-order valence-corrected chi connectivity index (χ1v) is 13.8. The molecule has 0 unspecified atom stereocenters. The fourth-order valence-electron chi connectivity index (χ4n) is 6.00. The van der Waals surface area contributed by atoms with Crippen molar-refractivity contribution in [3.05, 3.63) is 36.2 Å². The van der Waals surface area contributed by atoms with E-state index in [0.717, 1.165) is 32.7 Å². The van der Waals surface area contributed by atoms with Crippen LogP contribution in [-0.4, -0.2) is 89.5 Å². The normalized spacial score (nSPS) is 23.3. The van der Waals surface area contributed by atoms with Gasteiger partial charge >= 0.3 is 0 Å². The van der Waals surface area contributed by atoms with Gasteiger partial charge in [-0.15, -0.1) is 0 Å². The van der Waals surface area contributed by atoms with E-state index >= 15 is 0 Å². The lowest BCUT2D eigenvalue weighted by atomic mass is 9.85. The van der Waals surface area contributed by atoms with E-state index in [9.17, 15) is 8.78 Å². The van der Waals surface area contributed by atoms with Gasteiger partial charge in [-0.1, -0.05) is 12.1 Å². The van der Waals surface area contributed by atoms with Gasteiger partial charge in [0.15, 0.2) is 5.82 Å². The lowest BCUT2D eigenvalue weighted by molar-refractivity contribution is 0.122. The van der Waals surface area contributed by atoms with Crippen LogP contribution >= 0.6 is 0 Å². The molecule has 38 heavy (non-hydrogen) atoms. The van der Waals surface area contributed by atoms with Crippen molar-refractivity contribution < 1.29 is 13.5 Å². The maximum absolute atomic E-state index is 14.1. The maximum atomic E-state index is 14.1. The predicted octanol–water partition coefficient (Wildman–Crippen LogP) is 3.47. The van der Waals surface area contributed by atoms with Gasteiger partial charge in [0.05, 0.1) is 24.2 Å². The molecule has 1 saturated carbocycles. The molecule has 9 nitrogen and oxygen atoms in total. The summed E-state index contributed by atoms with van der Waals surface area (Å²) in [6.45, 7) is 7.82. The Balaban J connectivity index is 1.24. The van der Waals surface area contributed by atoms with Crippen LogP contribution in [0.4, 0.5) is 20.5 Å².